The van der Waals surface area contributed by atoms with Crippen LogP contribution in [-0.2, 0) is 17.1 Å². The van der Waals surface area contributed by atoms with E-state index >= 15 is 0 Å². The fourth-order valence-electron chi connectivity index (χ4n) is 2.97. The minimum absolute atomic E-state index is 0.0540. The maximum atomic E-state index is 12.8. The molecule has 0 spiro atoms. The number of nitrogens with zero attached hydrogens (tertiary/aromatic N) is 4. The number of pyridine rings is 2. The maximum absolute atomic E-state index is 12.8. The normalized spacial score (nSPS) is 11.5. The van der Waals surface area contributed by atoms with Gasteiger partial charge < -0.3 is 4.74 Å². The van der Waals surface area contributed by atoms with Gasteiger partial charge in [0, 0.05) is 24.8 Å². The molecule has 28 heavy (non-hydrogen) atoms. The highest BCUT2D eigenvalue weighted by molar-refractivity contribution is 7.92. The van der Waals surface area contributed by atoms with Crippen molar-refractivity contribution in [2.75, 3.05) is 11.8 Å². The zero-order chi connectivity index (χ0) is 19.7. The van der Waals surface area contributed by atoms with Gasteiger partial charge in [-0.15, -0.1) is 0 Å². The Morgan fingerprint density at radius 2 is 1.89 bits per heavy atom. The van der Waals surface area contributed by atoms with Crippen molar-refractivity contribution in [1.82, 2.24) is 19.7 Å². The summed E-state index contributed by atoms with van der Waals surface area (Å²) in [5.74, 6) is 0.423. The van der Waals surface area contributed by atoms with Crippen LogP contribution >= 0.6 is 0 Å². The van der Waals surface area contributed by atoms with Gasteiger partial charge in [0.25, 0.3) is 10.0 Å². The topological polar surface area (TPSA) is 99.0 Å². The Kier molecular flexibility index (Phi) is 4.44. The lowest BCUT2D eigenvalue weighted by Crippen LogP contribution is -2.14. The summed E-state index contributed by atoms with van der Waals surface area (Å²) >= 11 is 0. The van der Waals surface area contributed by atoms with Gasteiger partial charge in [0.1, 0.15) is 4.90 Å². The summed E-state index contributed by atoms with van der Waals surface area (Å²) < 4.78 is 35.1. The van der Waals surface area contributed by atoms with Crippen LogP contribution in [0.5, 0.6) is 5.88 Å². The Labute approximate surface area is 161 Å². The average Bonchev–Trinajstić information content (AvgIpc) is 3.10. The third kappa shape index (κ3) is 3.16. The zero-order valence-corrected chi connectivity index (χ0v) is 16.0. The number of hydrogen-bond acceptors (Lipinski definition) is 6. The second-order valence-electron chi connectivity index (χ2n) is 6.06. The summed E-state index contributed by atoms with van der Waals surface area (Å²) in [4.78, 5) is 8.46. The molecule has 0 aliphatic carbocycles. The van der Waals surface area contributed by atoms with E-state index in [9.17, 15) is 8.42 Å². The third-order valence-electron chi connectivity index (χ3n) is 4.29. The van der Waals surface area contributed by atoms with Crippen LogP contribution in [0.4, 0.5) is 5.69 Å². The Morgan fingerprint density at radius 3 is 2.64 bits per heavy atom. The number of sulfonamides is 1. The van der Waals surface area contributed by atoms with E-state index in [-0.39, 0.29) is 4.90 Å². The molecule has 0 saturated heterocycles. The molecule has 0 amide bonds. The van der Waals surface area contributed by atoms with E-state index in [4.69, 9.17) is 4.74 Å². The number of nitrogens with one attached hydrogen (secondary N) is 1. The van der Waals surface area contributed by atoms with Crippen LogP contribution in [-0.4, -0.2) is 35.3 Å². The van der Waals surface area contributed by atoms with Crippen molar-refractivity contribution >= 4 is 26.6 Å². The minimum Gasteiger partial charge on any atom is -0.481 e. The Morgan fingerprint density at radius 1 is 1.04 bits per heavy atom. The fourth-order valence-corrected chi connectivity index (χ4v) is 3.98. The van der Waals surface area contributed by atoms with Gasteiger partial charge >= 0.3 is 0 Å². The molecule has 0 bridgehead atoms. The number of methoxy groups -OCH3 is 1. The standard InChI is InChI=1S/C19H17N5O3S/c1-24-18-13(11-22-24)5-3-7-17(18)23-28(25,26)14-8-9-16(21-12-14)15-6-4-10-20-19(15)27-2/h3-12,23H,1-2H3. The molecular formula is C19H17N5O3S. The smallest absolute Gasteiger partial charge is 0.263 e. The molecule has 0 atom stereocenters. The van der Waals surface area contributed by atoms with Crippen molar-refractivity contribution in [3.63, 3.8) is 0 Å². The van der Waals surface area contributed by atoms with Gasteiger partial charge in [0.05, 0.1) is 35.8 Å². The molecule has 9 heteroatoms. The van der Waals surface area contributed by atoms with Crippen LogP contribution in [0, 0.1) is 0 Å². The summed E-state index contributed by atoms with van der Waals surface area (Å²) in [5.41, 5.74) is 2.41. The molecule has 0 radical (unpaired) electrons. The molecule has 3 aromatic heterocycles. The molecule has 4 aromatic rings. The second-order valence-corrected chi connectivity index (χ2v) is 7.74. The third-order valence-corrected chi connectivity index (χ3v) is 5.64. The molecule has 3 heterocycles. The predicted molar refractivity (Wildman–Crippen MR) is 106 cm³/mol. The fraction of sp³-hybridized carbons (Fsp3) is 0.105. The van der Waals surface area contributed by atoms with Crippen molar-refractivity contribution in [3.05, 3.63) is 61.1 Å². The summed E-state index contributed by atoms with van der Waals surface area (Å²) in [6.45, 7) is 0. The van der Waals surface area contributed by atoms with Crippen LogP contribution in [0.2, 0.25) is 0 Å². The molecule has 0 unspecified atom stereocenters. The lowest BCUT2D eigenvalue weighted by atomic mass is 10.2. The largest absolute Gasteiger partial charge is 0.481 e. The predicted octanol–water partition coefficient (Wildman–Crippen LogP) is 2.84. The average molecular weight is 395 g/mol. The van der Waals surface area contributed by atoms with Gasteiger partial charge in [-0.3, -0.25) is 14.4 Å². The van der Waals surface area contributed by atoms with Crippen LogP contribution in [0.15, 0.2) is 66.0 Å². The highest BCUT2D eigenvalue weighted by atomic mass is 32.2. The summed E-state index contributed by atoms with van der Waals surface area (Å²) in [6.07, 6.45) is 4.61. The summed E-state index contributed by atoms with van der Waals surface area (Å²) in [6, 6.07) is 12.0. The molecule has 0 saturated carbocycles. The van der Waals surface area contributed by atoms with Crippen molar-refractivity contribution in [2.45, 2.75) is 4.90 Å². The Hall–Kier alpha value is -3.46. The van der Waals surface area contributed by atoms with E-state index in [1.54, 1.807) is 48.4 Å². The summed E-state index contributed by atoms with van der Waals surface area (Å²) in [5, 5.41) is 5.02. The van der Waals surface area contributed by atoms with Crippen molar-refractivity contribution in [3.8, 4) is 17.1 Å². The number of ether oxygens (including phenoxy) is 1. The van der Waals surface area contributed by atoms with Gasteiger partial charge in [-0.05, 0) is 30.3 Å². The maximum Gasteiger partial charge on any atom is 0.263 e. The van der Waals surface area contributed by atoms with Crippen molar-refractivity contribution in [1.29, 1.82) is 0 Å². The SMILES string of the molecule is COc1ncccc1-c1ccc(S(=O)(=O)Nc2cccc3cnn(C)c23)cn1. The highest BCUT2D eigenvalue weighted by Gasteiger charge is 2.18. The first-order valence-corrected chi connectivity index (χ1v) is 9.87. The van der Waals surface area contributed by atoms with Crippen molar-refractivity contribution < 1.29 is 13.2 Å². The first kappa shape index (κ1) is 17.9. The number of para-hydroxylation sites is 1. The first-order valence-electron chi connectivity index (χ1n) is 8.38. The number of fused-ring (bicyclic) bond motifs is 1. The molecule has 0 aliphatic rings. The molecule has 142 valence electrons. The number of hydrogen-bond donors (Lipinski definition) is 1. The van der Waals surface area contributed by atoms with E-state index in [1.807, 2.05) is 12.1 Å². The lowest BCUT2D eigenvalue weighted by molar-refractivity contribution is 0.399. The van der Waals surface area contributed by atoms with Gasteiger partial charge in [0.15, 0.2) is 0 Å². The van der Waals surface area contributed by atoms with Crippen LogP contribution in [0.3, 0.4) is 0 Å². The molecule has 8 nitrogen and oxygen atoms in total. The monoisotopic (exact) mass is 395 g/mol. The van der Waals surface area contributed by atoms with Gasteiger partial charge in [-0.1, -0.05) is 12.1 Å². The van der Waals surface area contributed by atoms with E-state index in [2.05, 4.69) is 19.8 Å². The molecule has 1 N–H and O–H groups in total. The van der Waals surface area contributed by atoms with Gasteiger partial charge in [-0.2, -0.15) is 5.10 Å². The van der Waals surface area contributed by atoms with Crippen molar-refractivity contribution in [2.24, 2.45) is 7.05 Å². The zero-order valence-electron chi connectivity index (χ0n) is 15.2. The highest BCUT2D eigenvalue weighted by Crippen LogP contribution is 2.28. The lowest BCUT2D eigenvalue weighted by Gasteiger charge is -2.11. The quantitative estimate of drug-likeness (QED) is 0.558. The van der Waals surface area contributed by atoms with Crippen LogP contribution in [0.25, 0.3) is 22.2 Å². The Bertz CT molecular complexity index is 1250. The van der Waals surface area contributed by atoms with E-state index < -0.39 is 10.0 Å². The number of aryl methyl sites for hydroxylation is 1. The molecule has 1 aromatic carbocycles. The molecule has 0 fully saturated rings. The minimum atomic E-state index is -3.81. The molecular weight excluding hydrogens is 378 g/mol. The number of anilines is 1. The summed E-state index contributed by atoms with van der Waals surface area (Å²) in [7, 11) is -0.531. The van der Waals surface area contributed by atoms with Crippen LogP contribution in [0.1, 0.15) is 0 Å². The number of aromatic nitrogens is 4. The molecule has 4 rings (SSSR count). The van der Waals surface area contributed by atoms with E-state index in [0.29, 0.717) is 28.3 Å². The number of rotatable bonds is 5. The first-order chi connectivity index (χ1) is 13.5. The second kappa shape index (κ2) is 6.93. The van der Waals surface area contributed by atoms with Crippen LogP contribution < -0.4 is 9.46 Å². The number of benzene rings is 1. The van der Waals surface area contributed by atoms with E-state index in [1.165, 1.54) is 19.4 Å². The van der Waals surface area contributed by atoms with Gasteiger partial charge in [-0.25, -0.2) is 13.4 Å². The molecule has 0 aliphatic heterocycles. The van der Waals surface area contributed by atoms with Gasteiger partial charge in [0.2, 0.25) is 5.88 Å². The Balaban J connectivity index is 1.67. The van der Waals surface area contributed by atoms with E-state index in [0.717, 1.165) is 5.39 Å².